The normalized spacial score (nSPS) is 11.7. The fourth-order valence-corrected chi connectivity index (χ4v) is 4.17. The minimum absolute atomic E-state index is 0.204. The van der Waals surface area contributed by atoms with Crippen LogP contribution in [0.5, 0.6) is 0 Å². The lowest BCUT2D eigenvalue weighted by Crippen LogP contribution is -2.00. The Morgan fingerprint density at radius 2 is 1.42 bits per heavy atom. The molecule has 3 heteroatoms. The van der Waals surface area contributed by atoms with Gasteiger partial charge in [-0.1, -0.05) is 102 Å². The van der Waals surface area contributed by atoms with E-state index in [9.17, 15) is 14.3 Å². The molecule has 0 amide bonds. The highest BCUT2D eigenvalue weighted by atomic mass is 19.1. The van der Waals surface area contributed by atoms with E-state index in [-0.39, 0.29) is 11.4 Å². The molecule has 0 aliphatic rings. The summed E-state index contributed by atoms with van der Waals surface area (Å²) in [4.78, 5) is 11.8. The average molecular weight is 453 g/mol. The van der Waals surface area contributed by atoms with Gasteiger partial charge in [0.2, 0.25) is 0 Å². The molecule has 2 nitrogen and oxygen atoms in total. The van der Waals surface area contributed by atoms with Crippen molar-refractivity contribution in [2.24, 2.45) is 0 Å². The van der Waals surface area contributed by atoms with Crippen molar-refractivity contribution in [3.63, 3.8) is 0 Å². The first-order valence-electron chi connectivity index (χ1n) is 12.9. The Balaban J connectivity index is 2.05. The van der Waals surface area contributed by atoms with E-state index in [0.717, 1.165) is 24.8 Å². The first-order valence-corrected chi connectivity index (χ1v) is 12.9. The van der Waals surface area contributed by atoms with E-state index < -0.39 is 5.97 Å². The van der Waals surface area contributed by atoms with Crippen LogP contribution >= 0.6 is 0 Å². The van der Waals surface area contributed by atoms with E-state index in [1.54, 1.807) is 18.2 Å². The van der Waals surface area contributed by atoms with Gasteiger partial charge in [0.1, 0.15) is 5.83 Å². The van der Waals surface area contributed by atoms with Crippen molar-refractivity contribution in [1.82, 2.24) is 0 Å². The zero-order valence-corrected chi connectivity index (χ0v) is 20.5. The minimum atomic E-state index is -0.993. The van der Waals surface area contributed by atoms with Crippen molar-refractivity contribution >= 4 is 11.8 Å². The Bertz CT molecular complexity index is 867. The molecule has 1 N–H and O–H groups in total. The molecule has 0 spiro atoms. The molecule has 0 saturated heterocycles. The molecule has 0 unspecified atom stereocenters. The summed E-state index contributed by atoms with van der Waals surface area (Å²) in [6, 6.07) is 12.8. The zero-order valence-electron chi connectivity index (χ0n) is 20.5. The Labute approximate surface area is 199 Å². The topological polar surface area (TPSA) is 37.3 Å². The number of allylic oxidation sites excluding steroid dienone is 1. The van der Waals surface area contributed by atoms with Gasteiger partial charge >= 0.3 is 5.97 Å². The molecule has 180 valence electrons. The summed E-state index contributed by atoms with van der Waals surface area (Å²) in [6.07, 6.45) is 16.7. The van der Waals surface area contributed by atoms with Gasteiger partial charge in [0.25, 0.3) is 0 Å². The van der Waals surface area contributed by atoms with Gasteiger partial charge in [0, 0.05) is 5.56 Å². The number of rotatable bonds is 16. The third kappa shape index (κ3) is 9.53. The summed E-state index contributed by atoms with van der Waals surface area (Å²) in [5.41, 5.74) is 3.29. The van der Waals surface area contributed by atoms with Crippen LogP contribution in [0.25, 0.3) is 17.0 Å². The van der Waals surface area contributed by atoms with Gasteiger partial charge in [0.15, 0.2) is 0 Å². The molecule has 0 fully saturated rings. The Morgan fingerprint density at radius 1 is 0.818 bits per heavy atom. The molecular weight excluding hydrogens is 411 g/mol. The van der Waals surface area contributed by atoms with Gasteiger partial charge in [-0.15, -0.1) is 0 Å². The molecule has 0 aliphatic heterocycles. The van der Waals surface area contributed by atoms with E-state index in [1.807, 2.05) is 12.1 Å². The minimum Gasteiger partial charge on any atom is -0.478 e. The second kappa shape index (κ2) is 15.4. The molecule has 2 aromatic carbocycles. The van der Waals surface area contributed by atoms with Gasteiger partial charge in [-0.25, -0.2) is 9.18 Å². The summed E-state index contributed by atoms with van der Waals surface area (Å²) < 4.78 is 14.8. The van der Waals surface area contributed by atoms with E-state index >= 15 is 0 Å². The largest absolute Gasteiger partial charge is 0.478 e. The van der Waals surface area contributed by atoms with Crippen LogP contribution in [0, 0.1) is 0 Å². The molecule has 33 heavy (non-hydrogen) atoms. The van der Waals surface area contributed by atoms with E-state index in [4.69, 9.17) is 0 Å². The second-order valence-corrected chi connectivity index (χ2v) is 9.04. The van der Waals surface area contributed by atoms with Crippen LogP contribution in [0.15, 0.2) is 48.5 Å². The molecule has 0 heterocycles. The van der Waals surface area contributed by atoms with E-state index in [0.29, 0.717) is 17.5 Å². The Kier molecular flexibility index (Phi) is 12.5. The molecule has 0 aliphatic carbocycles. The van der Waals surface area contributed by atoms with Crippen molar-refractivity contribution < 1.29 is 14.3 Å². The van der Waals surface area contributed by atoms with Crippen LogP contribution in [0.3, 0.4) is 0 Å². The predicted molar refractivity (Wildman–Crippen MR) is 138 cm³/mol. The van der Waals surface area contributed by atoms with Gasteiger partial charge < -0.3 is 5.11 Å². The third-order valence-electron chi connectivity index (χ3n) is 6.24. The standard InChI is InChI=1S/C30H41FO2/c1-3-5-7-9-11-13-15-24-17-19-25(20-18-24)28-23-26(21-22-27(28)30(32)33)29(31)16-14-12-10-8-6-4-2/h16-23H,3-15H2,1-2H3,(H,32,33)/b29-16+. The second-order valence-electron chi connectivity index (χ2n) is 9.04. The third-order valence-corrected chi connectivity index (χ3v) is 6.24. The number of carbonyl (C=O) groups is 1. The van der Waals surface area contributed by atoms with Gasteiger partial charge in [-0.3, -0.25) is 0 Å². The number of hydrogen-bond donors (Lipinski definition) is 1. The fourth-order valence-electron chi connectivity index (χ4n) is 4.17. The molecular formula is C30H41FO2. The molecule has 2 aromatic rings. The number of aromatic carboxylic acids is 1. The van der Waals surface area contributed by atoms with Crippen LogP contribution in [0.1, 0.15) is 112 Å². The number of carboxylic acids is 1. The summed E-state index contributed by atoms with van der Waals surface area (Å²) in [5, 5.41) is 9.65. The highest BCUT2D eigenvalue weighted by Crippen LogP contribution is 2.29. The summed E-state index contributed by atoms with van der Waals surface area (Å²) >= 11 is 0. The molecule has 2 rings (SSSR count). The fraction of sp³-hybridized carbons (Fsp3) is 0.500. The van der Waals surface area contributed by atoms with Crippen LogP contribution < -0.4 is 0 Å². The summed E-state index contributed by atoms with van der Waals surface area (Å²) in [5.74, 6) is -1.27. The van der Waals surface area contributed by atoms with Gasteiger partial charge in [0.05, 0.1) is 5.56 Å². The van der Waals surface area contributed by atoms with Crippen LogP contribution in [0.4, 0.5) is 4.39 Å². The SMILES string of the molecule is CCCCCCC/C=C(/F)c1ccc(C(=O)O)c(-c2ccc(CCCCCCCC)cc2)c1. The Morgan fingerprint density at radius 3 is 2.06 bits per heavy atom. The van der Waals surface area contributed by atoms with Crippen molar-refractivity contribution in [3.05, 3.63) is 65.2 Å². The van der Waals surface area contributed by atoms with Crippen LogP contribution in [-0.2, 0) is 6.42 Å². The number of hydrogen-bond acceptors (Lipinski definition) is 1. The maximum absolute atomic E-state index is 14.8. The highest BCUT2D eigenvalue weighted by Gasteiger charge is 2.14. The van der Waals surface area contributed by atoms with Gasteiger partial charge in [-0.2, -0.15) is 0 Å². The lowest BCUT2D eigenvalue weighted by molar-refractivity contribution is 0.0697. The van der Waals surface area contributed by atoms with Crippen LogP contribution in [-0.4, -0.2) is 11.1 Å². The molecule has 0 radical (unpaired) electrons. The van der Waals surface area contributed by atoms with Gasteiger partial charge in [-0.05, 0) is 60.6 Å². The van der Waals surface area contributed by atoms with E-state index in [1.165, 1.54) is 69.4 Å². The number of benzene rings is 2. The van der Waals surface area contributed by atoms with Crippen molar-refractivity contribution in [2.75, 3.05) is 0 Å². The monoisotopic (exact) mass is 452 g/mol. The summed E-state index contributed by atoms with van der Waals surface area (Å²) in [6.45, 7) is 4.41. The Hall–Kier alpha value is -2.42. The van der Waals surface area contributed by atoms with E-state index in [2.05, 4.69) is 26.0 Å². The number of unbranched alkanes of at least 4 members (excludes halogenated alkanes) is 10. The number of halogens is 1. The van der Waals surface area contributed by atoms with Crippen molar-refractivity contribution in [1.29, 1.82) is 0 Å². The molecule has 0 saturated carbocycles. The first kappa shape index (κ1) is 26.8. The van der Waals surface area contributed by atoms with Crippen molar-refractivity contribution in [3.8, 4) is 11.1 Å². The van der Waals surface area contributed by atoms with Crippen LogP contribution in [0.2, 0.25) is 0 Å². The highest BCUT2D eigenvalue weighted by molar-refractivity contribution is 5.96. The number of carboxylic acid groups (broad SMARTS) is 1. The lowest BCUT2D eigenvalue weighted by Gasteiger charge is -2.10. The predicted octanol–water partition coefficient (Wildman–Crippen LogP) is 9.63. The maximum atomic E-state index is 14.8. The smallest absolute Gasteiger partial charge is 0.336 e. The summed E-state index contributed by atoms with van der Waals surface area (Å²) in [7, 11) is 0. The molecule has 0 atom stereocenters. The average Bonchev–Trinajstić information content (AvgIpc) is 2.83. The number of aryl methyl sites for hydroxylation is 1. The zero-order chi connectivity index (χ0) is 23.9. The lowest BCUT2D eigenvalue weighted by atomic mass is 9.95. The first-order chi connectivity index (χ1) is 16.1. The molecule has 0 aromatic heterocycles. The molecule has 0 bridgehead atoms. The maximum Gasteiger partial charge on any atom is 0.336 e. The quantitative estimate of drug-likeness (QED) is 0.257. The van der Waals surface area contributed by atoms with Crippen molar-refractivity contribution in [2.45, 2.75) is 97.3 Å².